The maximum Gasteiger partial charge on any atom is 0.139 e. The van der Waals surface area contributed by atoms with Crippen LogP contribution in [0.4, 0.5) is 0 Å². The van der Waals surface area contributed by atoms with Gasteiger partial charge in [-0.2, -0.15) is 5.10 Å². The summed E-state index contributed by atoms with van der Waals surface area (Å²) in [6.45, 7) is 1.94. The minimum atomic E-state index is -0.142. The zero-order chi connectivity index (χ0) is 19.5. The Kier molecular flexibility index (Phi) is 5.53. The molecular weight excluding hydrogens is 350 g/mol. The normalized spacial score (nSPS) is 15.9. The van der Waals surface area contributed by atoms with E-state index in [2.05, 4.69) is 29.1 Å². The van der Waals surface area contributed by atoms with Crippen LogP contribution in [0.1, 0.15) is 67.9 Å². The van der Waals surface area contributed by atoms with Gasteiger partial charge in [-0.15, -0.1) is 0 Å². The molecule has 4 rings (SSSR count). The fourth-order valence-corrected chi connectivity index (χ4v) is 4.36. The Balaban J connectivity index is 1.53. The summed E-state index contributed by atoms with van der Waals surface area (Å²) in [7, 11) is 0. The van der Waals surface area contributed by atoms with Crippen molar-refractivity contribution in [3.8, 4) is 0 Å². The molecular formula is C23H27N3O2. The Labute approximate surface area is 165 Å². The van der Waals surface area contributed by atoms with Gasteiger partial charge in [-0.3, -0.25) is 14.5 Å². The summed E-state index contributed by atoms with van der Waals surface area (Å²) in [4.78, 5) is 17.2. The Bertz CT molecular complexity index is 959. The SMILES string of the molecule is C[C@@H](CC(=O)Cc1cc2cnn(C3CCCC3)c2c(CO)n1)c1ccccc1. The molecule has 0 amide bonds. The Morgan fingerprint density at radius 3 is 2.71 bits per heavy atom. The summed E-state index contributed by atoms with van der Waals surface area (Å²) < 4.78 is 2.03. The van der Waals surface area contributed by atoms with Crippen molar-refractivity contribution < 1.29 is 9.90 Å². The molecule has 0 unspecified atom stereocenters. The summed E-state index contributed by atoms with van der Waals surface area (Å²) in [5.74, 6) is 0.343. The molecule has 1 saturated carbocycles. The van der Waals surface area contributed by atoms with Gasteiger partial charge in [-0.1, -0.05) is 50.1 Å². The van der Waals surface area contributed by atoms with E-state index in [4.69, 9.17) is 0 Å². The highest BCUT2D eigenvalue weighted by Crippen LogP contribution is 2.32. The van der Waals surface area contributed by atoms with E-state index < -0.39 is 0 Å². The fraction of sp³-hybridized carbons (Fsp3) is 0.435. The van der Waals surface area contributed by atoms with Crippen molar-refractivity contribution in [2.24, 2.45) is 0 Å². The standard InChI is InChI=1S/C23H27N3O2/c1-16(17-7-3-2-4-8-17)11-21(28)13-19-12-18-14-24-26(20-9-5-6-10-20)23(18)22(15-27)25-19/h2-4,7-8,12,14,16,20,27H,5-6,9-11,13,15H2,1H3/t16-/m0/s1. The van der Waals surface area contributed by atoms with Gasteiger partial charge in [0, 0.05) is 23.9 Å². The minimum Gasteiger partial charge on any atom is -0.390 e. The highest BCUT2D eigenvalue weighted by atomic mass is 16.3. The molecule has 1 aliphatic rings. The summed E-state index contributed by atoms with van der Waals surface area (Å²) >= 11 is 0. The van der Waals surface area contributed by atoms with E-state index in [0.29, 0.717) is 23.9 Å². The van der Waals surface area contributed by atoms with E-state index in [-0.39, 0.29) is 24.7 Å². The van der Waals surface area contributed by atoms with Gasteiger partial charge in [0.2, 0.25) is 0 Å². The van der Waals surface area contributed by atoms with Crippen LogP contribution < -0.4 is 0 Å². The lowest BCUT2D eigenvalue weighted by Crippen LogP contribution is -2.11. The zero-order valence-electron chi connectivity index (χ0n) is 16.3. The summed E-state index contributed by atoms with van der Waals surface area (Å²) in [5, 5.41) is 15.4. The number of hydrogen-bond acceptors (Lipinski definition) is 4. The second-order valence-electron chi connectivity index (χ2n) is 7.91. The summed E-state index contributed by atoms with van der Waals surface area (Å²) in [6.07, 6.45) is 7.31. The topological polar surface area (TPSA) is 68.0 Å². The molecule has 0 bridgehead atoms. The third-order valence-corrected chi connectivity index (χ3v) is 5.80. The number of rotatable bonds is 7. The van der Waals surface area contributed by atoms with Crippen LogP contribution in [-0.2, 0) is 17.8 Å². The molecule has 5 nitrogen and oxygen atoms in total. The monoisotopic (exact) mass is 377 g/mol. The first-order valence-corrected chi connectivity index (χ1v) is 10.2. The third kappa shape index (κ3) is 3.85. The van der Waals surface area contributed by atoms with Gasteiger partial charge < -0.3 is 5.11 Å². The molecule has 1 fully saturated rings. The number of Topliss-reactive ketones (excluding diaryl/α,β-unsaturated/α-hetero) is 1. The van der Waals surface area contributed by atoms with Gasteiger partial charge in [-0.25, -0.2) is 0 Å². The van der Waals surface area contributed by atoms with Gasteiger partial charge in [0.15, 0.2) is 0 Å². The molecule has 1 aliphatic carbocycles. The number of aliphatic hydroxyl groups is 1. The van der Waals surface area contributed by atoms with E-state index in [1.807, 2.05) is 35.1 Å². The maximum absolute atomic E-state index is 12.6. The van der Waals surface area contributed by atoms with Crippen molar-refractivity contribution in [2.45, 2.75) is 64.0 Å². The van der Waals surface area contributed by atoms with Crippen molar-refractivity contribution in [3.63, 3.8) is 0 Å². The zero-order valence-corrected chi connectivity index (χ0v) is 16.3. The third-order valence-electron chi connectivity index (χ3n) is 5.80. The minimum absolute atomic E-state index is 0.142. The number of benzene rings is 1. The number of carbonyl (C=O) groups is 1. The van der Waals surface area contributed by atoms with Crippen LogP contribution >= 0.6 is 0 Å². The lowest BCUT2D eigenvalue weighted by Gasteiger charge is -2.14. The first-order chi connectivity index (χ1) is 13.7. The molecule has 1 N–H and O–H groups in total. The molecule has 5 heteroatoms. The molecule has 28 heavy (non-hydrogen) atoms. The molecule has 0 aliphatic heterocycles. The van der Waals surface area contributed by atoms with Crippen molar-refractivity contribution in [3.05, 3.63) is 59.5 Å². The number of aliphatic hydroxyl groups excluding tert-OH is 1. The molecule has 0 saturated heterocycles. The number of hydrogen-bond donors (Lipinski definition) is 1. The van der Waals surface area contributed by atoms with Crippen molar-refractivity contribution in [2.75, 3.05) is 0 Å². The predicted molar refractivity (Wildman–Crippen MR) is 109 cm³/mol. The van der Waals surface area contributed by atoms with Crippen molar-refractivity contribution in [1.29, 1.82) is 0 Å². The van der Waals surface area contributed by atoms with E-state index in [1.165, 1.54) is 18.4 Å². The largest absolute Gasteiger partial charge is 0.390 e. The Hall–Kier alpha value is -2.53. The van der Waals surface area contributed by atoms with Crippen LogP contribution in [0.3, 0.4) is 0 Å². The van der Waals surface area contributed by atoms with Crippen LogP contribution in [0, 0.1) is 0 Å². The Morgan fingerprint density at radius 2 is 2.00 bits per heavy atom. The number of aromatic nitrogens is 3. The summed E-state index contributed by atoms with van der Waals surface area (Å²) in [5.41, 5.74) is 3.44. The highest BCUT2D eigenvalue weighted by Gasteiger charge is 2.22. The van der Waals surface area contributed by atoms with Gasteiger partial charge in [0.05, 0.1) is 30.1 Å². The van der Waals surface area contributed by atoms with Crippen LogP contribution in [-0.4, -0.2) is 25.7 Å². The lowest BCUT2D eigenvalue weighted by atomic mass is 9.94. The van der Waals surface area contributed by atoms with Gasteiger partial charge in [0.25, 0.3) is 0 Å². The summed E-state index contributed by atoms with van der Waals surface area (Å²) in [6, 6.07) is 12.5. The van der Waals surface area contributed by atoms with E-state index >= 15 is 0 Å². The van der Waals surface area contributed by atoms with Crippen LogP contribution in [0.2, 0.25) is 0 Å². The average molecular weight is 377 g/mol. The molecule has 3 aromatic rings. The van der Waals surface area contributed by atoms with Gasteiger partial charge >= 0.3 is 0 Å². The number of fused-ring (bicyclic) bond motifs is 1. The highest BCUT2D eigenvalue weighted by molar-refractivity contribution is 5.85. The van der Waals surface area contributed by atoms with Crippen LogP contribution in [0.5, 0.6) is 0 Å². The second kappa shape index (κ2) is 8.23. The molecule has 1 atom stereocenters. The number of ketones is 1. The van der Waals surface area contributed by atoms with Crippen molar-refractivity contribution in [1.82, 2.24) is 14.8 Å². The predicted octanol–water partition coefficient (Wildman–Crippen LogP) is 4.34. The smallest absolute Gasteiger partial charge is 0.139 e. The lowest BCUT2D eigenvalue weighted by molar-refractivity contribution is -0.118. The quantitative estimate of drug-likeness (QED) is 0.665. The van der Waals surface area contributed by atoms with Gasteiger partial charge in [-0.05, 0) is 30.4 Å². The maximum atomic E-state index is 12.6. The van der Waals surface area contributed by atoms with Crippen LogP contribution in [0.25, 0.3) is 10.9 Å². The Morgan fingerprint density at radius 1 is 1.25 bits per heavy atom. The van der Waals surface area contributed by atoms with E-state index in [0.717, 1.165) is 23.7 Å². The first-order valence-electron chi connectivity index (χ1n) is 10.2. The second-order valence-corrected chi connectivity index (χ2v) is 7.91. The fourth-order valence-electron chi connectivity index (χ4n) is 4.36. The molecule has 1 aromatic carbocycles. The number of nitrogens with zero attached hydrogens (tertiary/aromatic N) is 3. The molecule has 2 aromatic heterocycles. The number of carbonyl (C=O) groups excluding carboxylic acids is 1. The number of pyridine rings is 1. The molecule has 0 radical (unpaired) electrons. The van der Waals surface area contributed by atoms with Crippen molar-refractivity contribution >= 4 is 16.7 Å². The van der Waals surface area contributed by atoms with Gasteiger partial charge in [0.1, 0.15) is 5.78 Å². The van der Waals surface area contributed by atoms with E-state index in [9.17, 15) is 9.90 Å². The molecule has 146 valence electrons. The van der Waals surface area contributed by atoms with E-state index in [1.54, 1.807) is 0 Å². The van der Waals surface area contributed by atoms with Crippen LogP contribution in [0.15, 0.2) is 42.6 Å². The molecule has 2 heterocycles. The molecule has 0 spiro atoms. The first kappa shape index (κ1) is 18.8. The average Bonchev–Trinajstić information content (AvgIpc) is 3.37.